The van der Waals surface area contributed by atoms with Gasteiger partial charge < -0.3 is 14.9 Å². The van der Waals surface area contributed by atoms with Crippen LogP contribution in [0.1, 0.15) is 57.8 Å². The second kappa shape index (κ2) is 10.2. The van der Waals surface area contributed by atoms with Crippen LogP contribution >= 0.6 is 11.9 Å². The number of aliphatic imine (C=N–C) groups is 1. The highest BCUT2D eigenvalue weighted by Crippen LogP contribution is 2.36. The van der Waals surface area contributed by atoms with Crippen molar-refractivity contribution in [1.29, 1.82) is 0 Å². The third-order valence-electron chi connectivity index (χ3n) is 7.72. The first-order valence-corrected chi connectivity index (χ1v) is 12.8. The van der Waals surface area contributed by atoms with Gasteiger partial charge in [-0.15, -0.1) is 0 Å². The molecule has 3 aliphatic carbocycles. The van der Waals surface area contributed by atoms with Crippen LogP contribution in [-0.4, -0.2) is 64.3 Å². The largest absolute Gasteiger partial charge is 0.371 e. The SMILES string of the molecule is OC(O)C1CCC(NSC2CCC(OC3CC=CC4CCC=NC43)C3NONC23)CC1. The number of hydrogen-bond acceptors (Lipinski definition) is 9. The molecule has 7 atom stereocenters. The standard InChI is InChI=1S/C22H36N4O4S/c27-22(28)14-6-8-15(9-7-14)26-31-18-11-10-17(20-21(18)25-30-24-20)29-16-5-1-3-13-4-2-12-23-19(13)16/h1,3,12-22,24-28H,2,4-11H2. The topological polar surface area (TPSA) is 107 Å². The van der Waals surface area contributed by atoms with Crippen LogP contribution < -0.4 is 15.7 Å². The van der Waals surface area contributed by atoms with Crippen LogP contribution in [0.15, 0.2) is 17.1 Å². The van der Waals surface area contributed by atoms with Gasteiger partial charge in [-0.2, -0.15) is 11.0 Å². The highest BCUT2D eigenvalue weighted by molar-refractivity contribution is 7.98. The molecule has 3 fully saturated rings. The minimum Gasteiger partial charge on any atom is -0.371 e. The molecule has 0 amide bonds. The maximum Gasteiger partial charge on any atom is 0.154 e. The van der Waals surface area contributed by atoms with Gasteiger partial charge in [-0.1, -0.05) is 24.1 Å². The van der Waals surface area contributed by atoms with Crippen molar-refractivity contribution < 1.29 is 19.9 Å². The summed E-state index contributed by atoms with van der Waals surface area (Å²) in [7, 11) is 0. The van der Waals surface area contributed by atoms with Crippen molar-refractivity contribution in [2.45, 2.75) is 106 Å². The number of ether oxygens (including phenoxy) is 1. The van der Waals surface area contributed by atoms with E-state index in [1.165, 1.54) is 6.42 Å². The number of nitrogens with one attached hydrogen (secondary N) is 3. The molecule has 5 N–H and O–H groups in total. The van der Waals surface area contributed by atoms with Crippen molar-refractivity contribution >= 4 is 18.2 Å². The summed E-state index contributed by atoms with van der Waals surface area (Å²) < 4.78 is 10.3. The fourth-order valence-electron chi connectivity index (χ4n) is 5.84. The zero-order chi connectivity index (χ0) is 21.2. The highest BCUT2D eigenvalue weighted by Gasteiger charge is 2.46. The zero-order valence-corrected chi connectivity index (χ0v) is 18.8. The minimum absolute atomic E-state index is 0.0249. The lowest BCUT2D eigenvalue weighted by Gasteiger charge is -2.41. The summed E-state index contributed by atoms with van der Waals surface area (Å²) in [6.45, 7) is 0. The number of fused-ring (bicyclic) bond motifs is 2. The highest BCUT2D eigenvalue weighted by atomic mass is 32.2. The summed E-state index contributed by atoms with van der Waals surface area (Å²) in [5, 5.41) is 19.2. The molecule has 5 rings (SSSR count). The van der Waals surface area contributed by atoms with Gasteiger partial charge in [-0.25, -0.2) is 4.94 Å². The van der Waals surface area contributed by atoms with Crippen LogP contribution in [-0.2, 0) is 9.68 Å². The normalized spacial score (nSPS) is 44.9. The third kappa shape index (κ3) is 5.04. The molecule has 31 heavy (non-hydrogen) atoms. The molecule has 1 saturated heterocycles. The lowest BCUT2D eigenvalue weighted by molar-refractivity contribution is -0.0937. The van der Waals surface area contributed by atoms with E-state index in [-0.39, 0.29) is 36.3 Å². The van der Waals surface area contributed by atoms with E-state index in [0.717, 1.165) is 51.4 Å². The molecule has 7 unspecified atom stereocenters. The molecule has 5 aliphatic rings. The monoisotopic (exact) mass is 452 g/mol. The Bertz CT molecular complexity index is 657. The number of aliphatic hydroxyl groups is 2. The van der Waals surface area contributed by atoms with Gasteiger partial charge in [0.2, 0.25) is 0 Å². The van der Waals surface area contributed by atoms with Gasteiger partial charge in [0.1, 0.15) is 0 Å². The fraction of sp³-hybridized carbons (Fsp3) is 0.864. The maximum atomic E-state index is 9.38. The Balaban J connectivity index is 1.13. The lowest BCUT2D eigenvalue weighted by Crippen LogP contribution is -2.56. The molecule has 2 aliphatic heterocycles. The summed E-state index contributed by atoms with van der Waals surface area (Å²) in [5.74, 6) is 0.542. The molecule has 0 bridgehead atoms. The summed E-state index contributed by atoms with van der Waals surface area (Å²) in [6.07, 6.45) is 14.7. The average molecular weight is 453 g/mol. The number of nitrogens with zero attached hydrogens (tertiary/aromatic N) is 1. The van der Waals surface area contributed by atoms with Crippen molar-refractivity contribution in [3.8, 4) is 0 Å². The quantitative estimate of drug-likeness (QED) is 0.235. The van der Waals surface area contributed by atoms with Crippen LogP contribution in [0.3, 0.4) is 0 Å². The number of hydrogen-bond donors (Lipinski definition) is 5. The summed E-state index contributed by atoms with van der Waals surface area (Å²) >= 11 is 1.81. The zero-order valence-electron chi connectivity index (χ0n) is 17.9. The molecule has 9 heteroatoms. The summed E-state index contributed by atoms with van der Waals surface area (Å²) in [4.78, 5) is 10.2. The van der Waals surface area contributed by atoms with E-state index in [1.807, 2.05) is 11.9 Å². The van der Waals surface area contributed by atoms with E-state index in [1.54, 1.807) is 0 Å². The maximum absolute atomic E-state index is 9.38. The van der Waals surface area contributed by atoms with Crippen LogP contribution in [0.25, 0.3) is 0 Å². The van der Waals surface area contributed by atoms with Crippen molar-refractivity contribution in [2.24, 2.45) is 16.8 Å². The Kier molecular flexibility index (Phi) is 7.31. The van der Waals surface area contributed by atoms with Gasteiger partial charge in [0, 0.05) is 23.1 Å². The molecule has 8 nitrogen and oxygen atoms in total. The van der Waals surface area contributed by atoms with Crippen molar-refractivity contribution in [3.05, 3.63) is 12.2 Å². The smallest absolute Gasteiger partial charge is 0.154 e. The Morgan fingerprint density at radius 2 is 1.87 bits per heavy atom. The first-order chi connectivity index (χ1) is 15.2. The molecular formula is C22H36N4O4S. The fourth-order valence-corrected chi connectivity index (χ4v) is 7.06. The Labute approximate surface area is 188 Å². The number of aliphatic hydroxyl groups excluding tert-OH is 1. The van der Waals surface area contributed by atoms with Crippen molar-refractivity contribution in [3.63, 3.8) is 0 Å². The lowest BCUT2D eigenvalue weighted by atomic mass is 9.83. The predicted molar refractivity (Wildman–Crippen MR) is 120 cm³/mol. The van der Waals surface area contributed by atoms with Gasteiger partial charge >= 0.3 is 0 Å². The molecule has 0 aromatic heterocycles. The molecule has 0 aromatic carbocycles. The minimum atomic E-state index is -1.18. The van der Waals surface area contributed by atoms with E-state index in [0.29, 0.717) is 17.2 Å². The summed E-state index contributed by atoms with van der Waals surface area (Å²) in [5.41, 5.74) is 6.35. The second-order valence-corrected chi connectivity index (χ2v) is 10.8. The molecule has 2 heterocycles. The van der Waals surface area contributed by atoms with E-state index in [2.05, 4.69) is 34.0 Å². The summed E-state index contributed by atoms with van der Waals surface area (Å²) in [6, 6.07) is 1.01. The molecule has 0 radical (unpaired) electrons. The van der Waals surface area contributed by atoms with Crippen LogP contribution in [0, 0.1) is 11.8 Å². The van der Waals surface area contributed by atoms with Crippen LogP contribution in [0.4, 0.5) is 0 Å². The first kappa shape index (κ1) is 22.3. The van der Waals surface area contributed by atoms with E-state index in [9.17, 15) is 10.2 Å². The molecule has 0 aromatic rings. The number of rotatable bonds is 6. The van der Waals surface area contributed by atoms with Crippen molar-refractivity contribution in [2.75, 3.05) is 0 Å². The first-order valence-electron chi connectivity index (χ1n) is 12.0. The van der Waals surface area contributed by atoms with Crippen LogP contribution in [0.5, 0.6) is 0 Å². The van der Waals surface area contributed by atoms with Gasteiger partial charge in [0.25, 0.3) is 0 Å². The molecule has 0 spiro atoms. The van der Waals surface area contributed by atoms with Crippen LogP contribution in [0.2, 0.25) is 0 Å². The average Bonchev–Trinajstić information content (AvgIpc) is 3.30. The van der Waals surface area contributed by atoms with E-state index in [4.69, 9.17) is 14.7 Å². The molecule has 174 valence electrons. The van der Waals surface area contributed by atoms with Crippen molar-refractivity contribution in [1.82, 2.24) is 15.7 Å². The third-order valence-corrected chi connectivity index (χ3v) is 9.02. The van der Waals surface area contributed by atoms with Gasteiger partial charge in [-0.3, -0.25) is 9.71 Å². The Morgan fingerprint density at radius 3 is 2.71 bits per heavy atom. The predicted octanol–water partition coefficient (Wildman–Crippen LogP) is 1.60. The second-order valence-electron chi connectivity index (χ2n) is 9.71. The van der Waals surface area contributed by atoms with E-state index >= 15 is 0 Å². The van der Waals surface area contributed by atoms with Gasteiger partial charge in [-0.05, 0) is 64.0 Å². The van der Waals surface area contributed by atoms with E-state index < -0.39 is 6.29 Å². The Morgan fingerprint density at radius 1 is 1.03 bits per heavy atom. The van der Waals surface area contributed by atoms with Gasteiger partial charge in [0.15, 0.2) is 6.29 Å². The molecule has 2 saturated carbocycles. The number of hydroxylamine groups is 2. The molecular weight excluding hydrogens is 416 g/mol. The van der Waals surface area contributed by atoms with Gasteiger partial charge in [0.05, 0.1) is 30.3 Å². The Hall–Kier alpha value is -0.520.